The number of aliphatic carboxylic acids is 1. The van der Waals surface area contributed by atoms with Crippen molar-refractivity contribution in [3.05, 3.63) is 29.5 Å². The number of carboxylic acids is 1. The molecule has 0 aliphatic heterocycles. The van der Waals surface area contributed by atoms with Gasteiger partial charge in [-0.3, -0.25) is 4.79 Å². The van der Waals surface area contributed by atoms with Crippen LogP contribution in [-0.4, -0.2) is 37.3 Å². The molecule has 1 aromatic carbocycles. The summed E-state index contributed by atoms with van der Waals surface area (Å²) in [5, 5.41) is 23.4. The number of nitrogens with zero attached hydrogens (tertiary/aromatic N) is 4. The Hall–Kier alpha value is -2.15. The van der Waals surface area contributed by atoms with E-state index in [-0.39, 0.29) is 12.5 Å². The molecule has 1 atom stereocenters. The van der Waals surface area contributed by atoms with Crippen molar-refractivity contribution in [1.29, 1.82) is 0 Å². The predicted molar refractivity (Wildman–Crippen MR) is 74.1 cm³/mol. The average Bonchev–Trinajstić information content (AvgIpc) is 2.93. The molecule has 0 amide bonds. The van der Waals surface area contributed by atoms with Crippen LogP contribution in [0.15, 0.2) is 24.5 Å². The van der Waals surface area contributed by atoms with Gasteiger partial charge in [-0.05, 0) is 42.0 Å². The molecule has 0 radical (unpaired) electrons. The van der Waals surface area contributed by atoms with Gasteiger partial charge in [-0.15, -0.1) is 5.10 Å². The molecule has 0 fully saturated rings. The first-order valence-corrected chi connectivity index (χ1v) is 6.45. The van der Waals surface area contributed by atoms with E-state index < -0.39 is 5.97 Å². The predicted octanol–water partition coefficient (Wildman–Crippen LogP) is 1.98. The van der Waals surface area contributed by atoms with Crippen molar-refractivity contribution in [2.24, 2.45) is 0 Å². The van der Waals surface area contributed by atoms with Crippen molar-refractivity contribution in [3.63, 3.8) is 0 Å². The zero-order chi connectivity index (χ0) is 14.5. The molecule has 0 bridgehead atoms. The van der Waals surface area contributed by atoms with E-state index in [1.54, 1.807) is 12.1 Å². The van der Waals surface area contributed by atoms with Crippen LogP contribution in [0.25, 0.3) is 5.69 Å². The molecule has 0 aliphatic carbocycles. The van der Waals surface area contributed by atoms with Gasteiger partial charge in [0.05, 0.1) is 16.4 Å². The molecule has 20 heavy (non-hydrogen) atoms. The van der Waals surface area contributed by atoms with Gasteiger partial charge in [0, 0.05) is 12.5 Å². The smallest absolute Gasteiger partial charge is 0.303 e. The number of rotatable bonds is 6. The minimum atomic E-state index is -0.813. The summed E-state index contributed by atoms with van der Waals surface area (Å²) in [6.07, 6.45) is 2.11. The lowest BCUT2D eigenvalue weighted by atomic mass is 10.1. The highest BCUT2D eigenvalue weighted by Crippen LogP contribution is 2.25. The molecule has 1 aromatic heterocycles. The summed E-state index contributed by atoms with van der Waals surface area (Å²) in [4.78, 5) is 10.6. The number of hydrogen-bond acceptors (Lipinski definition) is 5. The second kappa shape index (κ2) is 6.33. The molecule has 0 aliphatic rings. The zero-order valence-corrected chi connectivity index (χ0v) is 11.6. The maximum atomic E-state index is 10.6. The van der Waals surface area contributed by atoms with Gasteiger partial charge in [-0.2, -0.15) is 0 Å². The number of halogens is 1. The zero-order valence-electron chi connectivity index (χ0n) is 10.8. The largest absolute Gasteiger partial charge is 0.481 e. The fourth-order valence-electron chi connectivity index (χ4n) is 1.72. The lowest BCUT2D eigenvalue weighted by Gasteiger charge is -2.16. The Morgan fingerprint density at radius 3 is 3.00 bits per heavy atom. The van der Waals surface area contributed by atoms with E-state index in [2.05, 4.69) is 20.8 Å². The van der Waals surface area contributed by atoms with Crippen molar-refractivity contribution in [3.8, 4) is 5.69 Å². The second-order valence-corrected chi connectivity index (χ2v) is 4.80. The summed E-state index contributed by atoms with van der Waals surface area (Å²) in [6, 6.07) is 5.35. The third-order valence-corrected chi connectivity index (χ3v) is 3.09. The van der Waals surface area contributed by atoms with Crippen molar-refractivity contribution < 1.29 is 9.90 Å². The van der Waals surface area contributed by atoms with E-state index in [9.17, 15) is 4.79 Å². The third kappa shape index (κ3) is 3.67. The van der Waals surface area contributed by atoms with Crippen molar-refractivity contribution in [1.82, 2.24) is 20.2 Å². The van der Waals surface area contributed by atoms with Crippen LogP contribution in [0.3, 0.4) is 0 Å². The first kappa shape index (κ1) is 14.3. The van der Waals surface area contributed by atoms with Crippen molar-refractivity contribution >= 4 is 23.3 Å². The summed E-state index contributed by atoms with van der Waals surface area (Å²) in [5.41, 5.74) is 1.49. The summed E-state index contributed by atoms with van der Waals surface area (Å²) >= 11 is 6.12. The van der Waals surface area contributed by atoms with Crippen LogP contribution < -0.4 is 5.32 Å². The van der Waals surface area contributed by atoms with Crippen LogP contribution in [-0.2, 0) is 4.79 Å². The van der Waals surface area contributed by atoms with Crippen molar-refractivity contribution in [2.75, 3.05) is 5.32 Å². The Kier molecular flexibility index (Phi) is 4.52. The van der Waals surface area contributed by atoms with E-state index in [0.29, 0.717) is 11.4 Å². The van der Waals surface area contributed by atoms with Gasteiger partial charge in [0.1, 0.15) is 6.33 Å². The highest BCUT2D eigenvalue weighted by molar-refractivity contribution is 6.33. The SMILES string of the molecule is CC(CCC(=O)O)Nc1cc(-n2cnnn2)ccc1Cl. The number of nitrogens with one attached hydrogen (secondary N) is 1. The topological polar surface area (TPSA) is 92.9 Å². The molecule has 2 N–H and O–H groups in total. The minimum Gasteiger partial charge on any atom is -0.481 e. The summed E-state index contributed by atoms with van der Waals surface area (Å²) in [6.45, 7) is 1.91. The summed E-state index contributed by atoms with van der Waals surface area (Å²) in [5.74, 6) is -0.813. The fourth-order valence-corrected chi connectivity index (χ4v) is 1.90. The van der Waals surface area contributed by atoms with E-state index in [0.717, 1.165) is 11.4 Å². The van der Waals surface area contributed by atoms with Gasteiger partial charge in [0.25, 0.3) is 0 Å². The van der Waals surface area contributed by atoms with Crippen LogP contribution in [0.1, 0.15) is 19.8 Å². The Labute approximate surface area is 120 Å². The number of hydrogen-bond donors (Lipinski definition) is 2. The molecule has 1 heterocycles. The van der Waals surface area contributed by atoms with E-state index in [1.165, 1.54) is 11.0 Å². The Morgan fingerprint density at radius 1 is 1.55 bits per heavy atom. The molecular formula is C12H14ClN5O2. The maximum absolute atomic E-state index is 10.6. The highest BCUT2D eigenvalue weighted by atomic mass is 35.5. The van der Waals surface area contributed by atoms with Gasteiger partial charge in [0.2, 0.25) is 0 Å². The third-order valence-electron chi connectivity index (χ3n) is 2.76. The summed E-state index contributed by atoms with van der Waals surface area (Å²) < 4.78 is 1.52. The lowest BCUT2D eigenvalue weighted by Crippen LogP contribution is -2.17. The molecule has 0 saturated carbocycles. The monoisotopic (exact) mass is 295 g/mol. The Morgan fingerprint density at radius 2 is 2.35 bits per heavy atom. The molecule has 1 unspecified atom stereocenters. The molecule has 7 nitrogen and oxygen atoms in total. The fraction of sp³-hybridized carbons (Fsp3) is 0.333. The van der Waals surface area contributed by atoms with Crippen molar-refractivity contribution in [2.45, 2.75) is 25.8 Å². The first-order chi connectivity index (χ1) is 9.56. The Bertz CT molecular complexity index is 588. The standard InChI is InChI=1S/C12H14ClN5O2/c1-8(2-5-12(19)20)15-11-6-9(3-4-10(11)13)18-7-14-16-17-18/h3-4,6-8,15H,2,5H2,1H3,(H,19,20). The van der Waals surface area contributed by atoms with Gasteiger partial charge in [0.15, 0.2) is 0 Å². The normalized spacial score (nSPS) is 12.1. The van der Waals surface area contributed by atoms with Crippen LogP contribution in [0.4, 0.5) is 5.69 Å². The number of carbonyl (C=O) groups is 1. The average molecular weight is 296 g/mol. The van der Waals surface area contributed by atoms with E-state index in [4.69, 9.17) is 16.7 Å². The second-order valence-electron chi connectivity index (χ2n) is 4.40. The molecule has 8 heteroatoms. The highest BCUT2D eigenvalue weighted by Gasteiger charge is 2.09. The van der Waals surface area contributed by atoms with E-state index in [1.807, 2.05) is 13.0 Å². The van der Waals surface area contributed by atoms with Crippen LogP contribution >= 0.6 is 11.6 Å². The van der Waals surface area contributed by atoms with Gasteiger partial charge >= 0.3 is 5.97 Å². The number of benzene rings is 1. The molecule has 106 valence electrons. The molecule has 0 saturated heterocycles. The number of carboxylic acid groups (broad SMARTS) is 1. The minimum absolute atomic E-state index is 0.00674. The van der Waals surface area contributed by atoms with Gasteiger partial charge < -0.3 is 10.4 Å². The van der Waals surface area contributed by atoms with Crippen LogP contribution in [0.5, 0.6) is 0 Å². The molecule has 2 aromatic rings. The molecule has 2 rings (SSSR count). The lowest BCUT2D eigenvalue weighted by molar-refractivity contribution is -0.137. The maximum Gasteiger partial charge on any atom is 0.303 e. The molecule has 0 spiro atoms. The van der Waals surface area contributed by atoms with Gasteiger partial charge in [-0.1, -0.05) is 11.6 Å². The summed E-state index contributed by atoms with van der Waals surface area (Å²) in [7, 11) is 0. The van der Waals surface area contributed by atoms with E-state index >= 15 is 0 Å². The van der Waals surface area contributed by atoms with Gasteiger partial charge in [-0.25, -0.2) is 4.68 Å². The quantitative estimate of drug-likeness (QED) is 0.846. The number of tetrazole rings is 1. The van der Waals surface area contributed by atoms with Crippen LogP contribution in [0, 0.1) is 0 Å². The first-order valence-electron chi connectivity index (χ1n) is 6.07. The Balaban J connectivity index is 2.11. The number of aromatic nitrogens is 4. The number of anilines is 1. The molecular weight excluding hydrogens is 282 g/mol. The van der Waals surface area contributed by atoms with Crippen LogP contribution in [0.2, 0.25) is 5.02 Å².